The lowest BCUT2D eigenvalue weighted by atomic mass is 9.99. The second kappa shape index (κ2) is 8.94. The average molecular weight is 342 g/mol. The molecule has 1 fully saturated rings. The maximum absolute atomic E-state index is 11.0. The number of Topliss-reactive ketones (excluding diaryl/α,β-unsaturated/α-hetero) is 1. The first-order valence-electron chi connectivity index (χ1n) is 6.84. The molecule has 0 aromatic heterocycles. The Kier molecular flexibility index (Phi) is 7.89. The van der Waals surface area contributed by atoms with Gasteiger partial charge in [-0.1, -0.05) is 0 Å². The number of rotatable bonds is 8. The number of hydrogen-bond donors (Lipinski definition) is 8. The van der Waals surface area contributed by atoms with Crippen molar-refractivity contribution in [1.82, 2.24) is 0 Å². The van der Waals surface area contributed by atoms with Crippen LogP contribution in [0.3, 0.4) is 0 Å². The molecule has 23 heavy (non-hydrogen) atoms. The summed E-state index contributed by atoms with van der Waals surface area (Å²) in [6, 6.07) is 0. The van der Waals surface area contributed by atoms with E-state index in [0.29, 0.717) is 0 Å². The van der Waals surface area contributed by atoms with Crippen LogP contribution in [0.1, 0.15) is 0 Å². The lowest BCUT2D eigenvalue weighted by Gasteiger charge is -2.40. The number of ether oxygens (including phenoxy) is 2. The summed E-state index contributed by atoms with van der Waals surface area (Å²) in [5.74, 6) is -1.11. The van der Waals surface area contributed by atoms with Crippen molar-refractivity contribution in [2.45, 2.75) is 49.0 Å². The SMILES string of the molecule is O=C(CO)[C@@H](O)[C@H](O)[C@H](O)COC1O[C@H](CO)[C@@H](O)[C@H](O)[C@H]1O. The van der Waals surface area contributed by atoms with E-state index in [9.17, 15) is 35.4 Å². The number of aliphatic hydroxyl groups is 8. The highest BCUT2D eigenvalue weighted by Gasteiger charge is 2.44. The van der Waals surface area contributed by atoms with Gasteiger partial charge in [0.15, 0.2) is 12.1 Å². The van der Waals surface area contributed by atoms with Gasteiger partial charge >= 0.3 is 0 Å². The third-order valence-electron chi connectivity index (χ3n) is 3.48. The summed E-state index contributed by atoms with van der Waals surface area (Å²) < 4.78 is 9.94. The lowest BCUT2D eigenvalue weighted by molar-refractivity contribution is -0.306. The van der Waals surface area contributed by atoms with E-state index in [1.807, 2.05) is 0 Å². The van der Waals surface area contributed by atoms with Gasteiger partial charge in [-0.25, -0.2) is 0 Å². The second-order valence-corrected chi connectivity index (χ2v) is 5.16. The van der Waals surface area contributed by atoms with E-state index >= 15 is 0 Å². The average Bonchev–Trinajstić information content (AvgIpc) is 2.56. The first-order valence-corrected chi connectivity index (χ1v) is 6.84. The minimum atomic E-state index is -2.03. The van der Waals surface area contributed by atoms with E-state index in [4.69, 9.17) is 19.7 Å². The summed E-state index contributed by atoms with van der Waals surface area (Å²) in [6.45, 7) is -2.40. The van der Waals surface area contributed by atoms with Crippen LogP contribution in [-0.2, 0) is 14.3 Å². The molecule has 1 heterocycles. The highest BCUT2D eigenvalue weighted by molar-refractivity contribution is 5.84. The molecule has 1 unspecified atom stereocenters. The van der Waals surface area contributed by atoms with E-state index < -0.39 is 74.6 Å². The van der Waals surface area contributed by atoms with E-state index in [0.717, 1.165) is 0 Å². The van der Waals surface area contributed by atoms with E-state index in [-0.39, 0.29) is 0 Å². The van der Waals surface area contributed by atoms with Crippen molar-refractivity contribution in [3.8, 4) is 0 Å². The zero-order valence-corrected chi connectivity index (χ0v) is 12.0. The molecule has 11 nitrogen and oxygen atoms in total. The minimum absolute atomic E-state index is 0.667. The zero-order valence-electron chi connectivity index (χ0n) is 12.0. The van der Waals surface area contributed by atoms with Gasteiger partial charge in [-0.15, -0.1) is 0 Å². The third kappa shape index (κ3) is 4.87. The highest BCUT2D eigenvalue weighted by Crippen LogP contribution is 2.22. The minimum Gasteiger partial charge on any atom is -0.394 e. The van der Waals surface area contributed by atoms with Crippen LogP contribution in [-0.4, -0.2) is 115 Å². The molecule has 0 amide bonds. The standard InChI is InChI=1S/C12H22O11/c13-1-4(15)7(17)8(18)5(16)3-22-12-11(21)10(20)9(19)6(2-14)23-12/h5-14,16-21H,1-3H2/t5-,6-,7-,8-,9-,10+,11-,12?/m1/s1. The second-order valence-electron chi connectivity index (χ2n) is 5.16. The molecule has 136 valence electrons. The largest absolute Gasteiger partial charge is 0.394 e. The van der Waals surface area contributed by atoms with Gasteiger partial charge < -0.3 is 50.3 Å². The summed E-state index contributed by atoms with van der Waals surface area (Å²) >= 11 is 0. The molecule has 0 spiro atoms. The molecule has 1 rings (SSSR count). The summed E-state index contributed by atoms with van der Waals surface area (Å²) in [7, 11) is 0. The zero-order chi connectivity index (χ0) is 17.7. The molecule has 0 bridgehead atoms. The van der Waals surface area contributed by atoms with Crippen molar-refractivity contribution in [3.63, 3.8) is 0 Å². The van der Waals surface area contributed by atoms with E-state index in [2.05, 4.69) is 0 Å². The number of hydrogen-bond acceptors (Lipinski definition) is 11. The van der Waals surface area contributed by atoms with Gasteiger partial charge in [-0.2, -0.15) is 0 Å². The molecule has 1 aliphatic rings. The molecule has 0 aromatic rings. The number of ketones is 1. The van der Waals surface area contributed by atoms with E-state index in [1.54, 1.807) is 0 Å². The Hall–Kier alpha value is -0.730. The first-order chi connectivity index (χ1) is 10.7. The molecular formula is C12H22O11. The van der Waals surface area contributed by atoms with Gasteiger partial charge in [0.25, 0.3) is 0 Å². The molecule has 1 saturated heterocycles. The van der Waals surface area contributed by atoms with Crippen molar-refractivity contribution < 1.29 is 55.1 Å². The topological polar surface area (TPSA) is 197 Å². The van der Waals surface area contributed by atoms with Crippen LogP contribution < -0.4 is 0 Å². The van der Waals surface area contributed by atoms with Gasteiger partial charge in [0, 0.05) is 0 Å². The fraction of sp³-hybridized carbons (Fsp3) is 0.917. The van der Waals surface area contributed by atoms with Crippen molar-refractivity contribution in [2.75, 3.05) is 19.8 Å². The maximum Gasteiger partial charge on any atom is 0.189 e. The Morgan fingerprint density at radius 2 is 1.65 bits per heavy atom. The molecule has 11 heteroatoms. The van der Waals surface area contributed by atoms with E-state index in [1.165, 1.54) is 0 Å². The molecule has 0 saturated carbocycles. The van der Waals surface area contributed by atoms with Crippen molar-refractivity contribution >= 4 is 5.78 Å². The molecule has 8 atom stereocenters. The Bertz CT molecular complexity index is 376. The number of carbonyl (C=O) groups excluding carboxylic acids is 1. The number of aliphatic hydroxyl groups excluding tert-OH is 8. The van der Waals surface area contributed by atoms with Crippen molar-refractivity contribution in [1.29, 1.82) is 0 Å². The van der Waals surface area contributed by atoms with Crippen LogP contribution in [0.4, 0.5) is 0 Å². The van der Waals surface area contributed by atoms with Crippen molar-refractivity contribution in [3.05, 3.63) is 0 Å². The fourth-order valence-corrected chi connectivity index (χ4v) is 1.99. The van der Waals surface area contributed by atoms with Gasteiger partial charge in [0.05, 0.1) is 13.2 Å². The normalized spacial score (nSPS) is 35.6. The highest BCUT2D eigenvalue weighted by atomic mass is 16.7. The van der Waals surface area contributed by atoms with Gasteiger partial charge in [0.1, 0.15) is 49.3 Å². The van der Waals surface area contributed by atoms with Gasteiger partial charge in [0.2, 0.25) is 0 Å². The maximum atomic E-state index is 11.0. The van der Waals surface area contributed by atoms with Crippen LogP contribution in [0.15, 0.2) is 0 Å². The monoisotopic (exact) mass is 342 g/mol. The summed E-state index contributed by atoms with van der Waals surface area (Å²) in [5.41, 5.74) is 0. The van der Waals surface area contributed by atoms with Crippen LogP contribution >= 0.6 is 0 Å². The Labute approximate surface area is 130 Å². The van der Waals surface area contributed by atoms with Crippen LogP contribution in [0.25, 0.3) is 0 Å². The van der Waals surface area contributed by atoms with Crippen LogP contribution in [0.2, 0.25) is 0 Å². The molecule has 0 radical (unpaired) electrons. The Morgan fingerprint density at radius 3 is 2.17 bits per heavy atom. The summed E-state index contributed by atoms with van der Waals surface area (Å²) in [6.07, 6.45) is -13.4. The van der Waals surface area contributed by atoms with Gasteiger partial charge in [-0.3, -0.25) is 4.79 Å². The number of carbonyl (C=O) groups is 1. The first kappa shape index (κ1) is 20.3. The van der Waals surface area contributed by atoms with Crippen molar-refractivity contribution in [2.24, 2.45) is 0 Å². The predicted molar refractivity (Wildman–Crippen MR) is 69.8 cm³/mol. The molecule has 0 aromatic carbocycles. The Morgan fingerprint density at radius 1 is 1.04 bits per heavy atom. The lowest BCUT2D eigenvalue weighted by Crippen LogP contribution is -2.59. The molecule has 0 aliphatic carbocycles. The third-order valence-corrected chi connectivity index (χ3v) is 3.48. The molecule has 1 aliphatic heterocycles. The van der Waals surface area contributed by atoms with Crippen LogP contribution in [0.5, 0.6) is 0 Å². The fourth-order valence-electron chi connectivity index (χ4n) is 1.99. The van der Waals surface area contributed by atoms with Crippen LogP contribution in [0, 0.1) is 0 Å². The summed E-state index contributed by atoms with van der Waals surface area (Å²) in [5, 5.41) is 74.8. The smallest absolute Gasteiger partial charge is 0.189 e. The predicted octanol–water partition coefficient (Wildman–Crippen LogP) is -5.55. The summed E-state index contributed by atoms with van der Waals surface area (Å²) in [4.78, 5) is 11.0. The van der Waals surface area contributed by atoms with Gasteiger partial charge in [-0.05, 0) is 0 Å². The quantitative estimate of drug-likeness (QED) is 0.209. The molecule has 8 N–H and O–H groups in total. The molecular weight excluding hydrogens is 320 g/mol. The Balaban J connectivity index is 2.57.